The van der Waals surface area contributed by atoms with Gasteiger partial charge in [-0.25, -0.2) is 0 Å². The van der Waals surface area contributed by atoms with Crippen LogP contribution >= 0.6 is 0 Å². The minimum atomic E-state index is -1.47. The lowest BCUT2D eigenvalue weighted by atomic mass is 9.97. The molecule has 0 spiro atoms. The molecule has 5 heteroatoms. The topological polar surface area (TPSA) is 90.2 Å². The molecule has 17 heavy (non-hydrogen) atoms. The van der Waals surface area contributed by atoms with Gasteiger partial charge in [0.2, 0.25) is 0 Å². The van der Waals surface area contributed by atoms with E-state index in [0.717, 1.165) is 0 Å². The highest BCUT2D eigenvalue weighted by molar-refractivity contribution is 5.19. The Labute approximate surface area is 99.9 Å². The molecule has 4 unspecified atom stereocenters. The number of ether oxygens (including phenoxy) is 1. The first kappa shape index (κ1) is 14.1. The fourth-order valence-electron chi connectivity index (χ4n) is 1.63. The molecule has 1 rings (SSSR count). The lowest BCUT2D eigenvalue weighted by Crippen LogP contribution is -2.43. The van der Waals surface area contributed by atoms with E-state index in [1.165, 1.54) is 7.11 Å². The van der Waals surface area contributed by atoms with Crippen molar-refractivity contribution in [1.82, 2.24) is 0 Å². The van der Waals surface area contributed by atoms with Crippen LogP contribution in [0.4, 0.5) is 0 Å². The van der Waals surface area contributed by atoms with E-state index in [9.17, 15) is 15.3 Å². The summed E-state index contributed by atoms with van der Waals surface area (Å²) >= 11 is 0. The van der Waals surface area contributed by atoms with Crippen LogP contribution in [-0.4, -0.2) is 52.5 Å². The van der Waals surface area contributed by atoms with Crippen molar-refractivity contribution in [1.29, 1.82) is 0 Å². The second-order valence-corrected chi connectivity index (χ2v) is 3.80. The van der Waals surface area contributed by atoms with Gasteiger partial charge in [-0.2, -0.15) is 0 Å². The van der Waals surface area contributed by atoms with Gasteiger partial charge in [-0.1, -0.05) is 30.3 Å². The van der Waals surface area contributed by atoms with Gasteiger partial charge >= 0.3 is 0 Å². The predicted molar refractivity (Wildman–Crippen MR) is 61.3 cm³/mol. The molecule has 5 nitrogen and oxygen atoms in total. The van der Waals surface area contributed by atoms with Crippen molar-refractivity contribution in [3.05, 3.63) is 35.9 Å². The molecule has 0 aliphatic rings. The third kappa shape index (κ3) is 3.49. The minimum absolute atomic E-state index is 0.622. The molecule has 0 fully saturated rings. The van der Waals surface area contributed by atoms with Gasteiger partial charge in [-0.05, 0) is 5.56 Å². The average molecular weight is 242 g/mol. The number of aliphatic hydroxyl groups excluding tert-OH is 4. The van der Waals surface area contributed by atoms with Gasteiger partial charge < -0.3 is 25.2 Å². The Hall–Kier alpha value is -0.980. The SMILES string of the molecule is COC(c1ccccc1)C(O)C(O)C(O)CO. The molecule has 0 bridgehead atoms. The van der Waals surface area contributed by atoms with Crippen LogP contribution in [0, 0.1) is 0 Å². The van der Waals surface area contributed by atoms with Crippen LogP contribution < -0.4 is 0 Å². The third-order valence-corrected chi connectivity index (χ3v) is 2.62. The van der Waals surface area contributed by atoms with Crippen molar-refractivity contribution < 1.29 is 25.2 Å². The first-order chi connectivity index (χ1) is 8.11. The van der Waals surface area contributed by atoms with Gasteiger partial charge in [-0.3, -0.25) is 0 Å². The highest BCUT2D eigenvalue weighted by Gasteiger charge is 2.31. The molecule has 0 aliphatic heterocycles. The largest absolute Gasteiger partial charge is 0.394 e. The van der Waals surface area contributed by atoms with E-state index in [2.05, 4.69) is 0 Å². The molecule has 0 saturated carbocycles. The molecular formula is C12H18O5. The monoisotopic (exact) mass is 242 g/mol. The van der Waals surface area contributed by atoms with Crippen molar-refractivity contribution in [3.8, 4) is 0 Å². The molecule has 1 aromatic carbocycles. The quantitative estimate of drug-likeness (QED) is 0.537. The van der Waals surface area contributed by atoms with Crippen molar-refractivity contribution in [2.45, 2.75) is 24.4 Å². The first-order valence-electron chi connectivity index (χ1n) is 5.34. The van der Waals surface area contributed by atoms with Crippen LogP contribution in [0.15, 0.2) is 30.3 Å². The van der Waals surface area contributed by atoms with Gasteiger partial charge in [0.15, 0.2) is 0 Å². The van der Waals surface area contributed by atoms with E-state index < -0.39 is 31.0 Å². The second kappa shape index (κ2) is 6.68. The van der Waals surface area contributed by atoms with E-state index in [4.69, 9.17) is 9.84 Å². The Bertz CT molecular complexity index is 316. The summed E-state index contributed by atoms with van der Waals surface area (Å²) in [5, 5.41) is 37.5. The fraction of sp³-hybridized carbons (Fsp3) is 0.500. The van der Waals surface area contributed by atoms with Crippen LogP contribution in [0.1, 0.15) is 11.7 Å². The molecule has 96 valence electrons. The van der Waals surface area contributed by atoms with Crippen LogP contribution in [-0.2, 0) is 4.74 Å². The van der Waals surface area contributed by atoms with Crippen molar-refractivity contribution in [2.24, 2.45) is 0 Å². The maximum atomic E-state index is 9.89. The number of hydrogen-bond acceptors (Lipinski definition) is 5. The van der Waals surface area contributed by atoms with Crippen LogP contribution in [0.3, 0.4) is 0 Å². The van der Waals surface area contributed by atoms with Gasteiger partial charge in [-0.15, -0.1) is 0 Å². The van der Waals surface area contributed by atoms with E-state index in [1.54, 1.807) is 24.3 Å². The molecule has 0 amide bonds. The third-order valence-electron chi connectivity index (χ3n) is 2.62. The Morgan fingerprint density at radius 2 is 1.65 bits per heavy atom. The molecular weight excluding hydrogens is 224 g/mol. The van der Waals surface area contributed by atoms with E-state index >= 15 is 0 Å². The summed E-state index contributed by atoms with van der Waals surface area (Å²) < 4.78 is 5.11. The summed E-state index contributed by atoms with van der Waals surface area (Å²) in [6.07, 6.45) is -4.94. The summed E-state index contributed by atoms with van der Waals surface area (Å²) in [5.41, 5.74) is 0.687. The van der Waals surface area contributed by atoms with Crippen molar-refractivity contribution in [3.63, 3.8) is 0 Å². The standard InChI is InChI=1S/C12H18O5/c1-17-12(8-5-3-2-4-6-8)11(16)10(15)9(14)7-13/h2-6,9-16H,7H2,1H3. The highest BCUT2D eigenvalue weighted by Crippen LogP contribution is 2.23. The molecule has 0 saturated heterocycles. The number of benzene rings is 1. The van der Waals surface area contributed by atoms with Crippen LogP contribution in [0.5, 0.6) is 0 Å². The molecule has 0 heterocycles. The first-order valence-corrected chi connectivity index (χ1v) is 5.34. The Morgan fingerprint density at radius 1 is 1.06 bits per heavy atom. The lowest BCUT2D eigenvalue weighted by Gasteiger charge is -2.28. The van der Waals surface area contributed by atoms with Gasteiger partial charge in [0.05, 0.1) is 6.61 Å². The number of rotatable bonds is 6. The Balaban J connectivity index is 2.81. The summed E-state index contributed by atoms with van der Waals surface area (Å²) in [6.45, 7) is -0.622. The molecule has 0 aliphatic carbocycles. The lowest BCUT2D eigenvalue weighted by molar-refractivity contribution is -0.124. The zero-order chi connectivity index (χ0) is 12.8. The summed E-state index contributed by atoms with van der Waals surface area (Å²) in [7, 11) is 1.40. The second-order valence-electron chi connectivity index (χ2n) is 3.80. The number of hydrogen-bond donors (Lipinski definition) is 4. The zero-order valence-electron chi connectivity index (χ0n) is 9.60. The summed E-state index contributed by atoms with van der Waals surface area (Å²) in [4.78, 5) is 0. The van der Waals surface area contributed by atoms with Crippen LogP contribution in [0.2, 0.25) is 0 Å². The van der Waals surface area contributed by atoms with Crippen molar-refractivity contribution in [2.75, 3.05) is 13.7 Å². The molecule has 4 N–H and O–H groups in total. The van der Waals surface area contributed by atoms with E-state index in [1.807, 2.05) is 6.07 Å². The fourth-order valence-corrected chi connectivity index (χ4v) is 1.63. The molecule has 1 aromatic rings. The van der Waals surface area contributed by atoms with Gasteiger partial charge in [0.1, 0.15) is 24.4 Å². The molecule has 4 atom stereocenters. The van der Waals surface area contributed by atoms with E-state index in [-0.39, 0.29) is 0 Å². The zero-order valence-corrected chi connectivity index (χ0v) is 9.60. The van der Waals surface area contributed by atoms with Crippen LogP contribution in [0.25, 0.3) is 0 Å². The normalized spacial score (nSPS) is 18.4. The Morgan fingerprint density at radius 3 is 2.12 bits per heavy atom. The van der Waals surface area contributed by atoms with Crippen molar-refractivity contribution >= 4 is 0 Å². The summed E-state index contributed by atoms with van der Waals surface area (Å²) in [5.74, 6) is 0. The average Bonchev–Trinajstić information content (AvgIpc) is 2.38. The summed E-state index contributed by atoms with van der Waals surface area (Å²) in [6, 6.07) is 8.87. The molecule has 0 aromatic heterocycles. The maximum Gasteiger partial charge on any atom is 0.113 e. The molecule has 0 radical (unpaired) electrons. The predicted octanol–water partition coefficient (Wildman–Crippen LogP) is -0.551. The Kier molecular flexibility index (Phi) is 5.54. The van der Waals surface area contributed by atoms with E-state index in [0.29, 0.717) is 5.56 Å². The van der Waals surface area contributed by atoms with Gasteiger partial charge in [0.25, 0.3) is 0 Å². The maximum absolute atomic E-state index is 9.89. The minimum Gasteiger partial charge on any atom is -0.394 e. The number of methoxy groups -OCH3 is 1. The number of aliphatic hydroxyl groups is 4. The smallest absolute Gasteiger partial charge is 0.113 e. The van der Waals surface area contributed by atoms with Gasteiger partial charge in [0, 0.05) is 7.11 Å². The highest BCUT2D eigenvalue weighted by atomic mass is 16.5.